The lowest BCUT2D eigenvalue weighted by Crippen LogP contribution is -2.60. The lowest BCUT2D eigenvalue weighted by Gasteiger charge is -2.34. The zero-order valence-corrected chi connectivity index (χ0v) is 26.3. The van der Waals surface area contributed by atoms with Gasteiger partial charge in [0.1, 0.15) is 23.2 Å². The summed E-state index contributed by atoms with van der Waals surface area (Å²) in [5.74, 6) is -3.09. The molecule has 3 atom stereocenters. The summed E-state index contributed by atoms with van der Waals surface area (Å²) in [5.41, 5.74) is 3.74. The minimum Gasteiger partial charge on any atom is -0.478 e. The standard InChI is InChI=1S/C30H48N6O7/c1-8-17(2)23(34-25(38)24(18-12-10-9-11-13-18)35-28(42)43-29(3,4)5)26(39)36-30(6,7)14-21(37)33-20-16-32-15-19(22(20)31)27(40)41/h15-18,23-24H,8-14H2,1-7H3,(H2,31,32)(H,33,37)(H,34,38)(H,35,42)(H,36,39)(H,40,41)/t17?,23-,24-/m0/s1. The van der Waals surface area contributed by atoms with E-state index in [1.54, 1.807) is 34.6 Å². The van der Waals surface area contributed by atoms with Crippen LogP contribution in [-0.4, -0.2) is 63.1 Å². The van der Waals surface area contributed by atoms with E-state index < -0.39 is 53.0 Å². The van der Waals surface area contributed by atoms with Crippen molar-refractivity contribution in [1.82, 2.24) is 20.9 Å². The van der Waals surface area contributed by atoms with Crippen LogP contribution in [0.15, 0.2) is 12.4 Å². The number of hydrogen-bond donors (Lipinski definition) is 6. The van der Waals surface area contributed by atoms with Gasteiger partial charge in [0.2, 0.25) is 17.7 Å². The summed E-state index contributed by atoms with van der Waals surface area (Å²) in [6.07, 6.45) is 6.52. The van der Waals surface area contributed by atoms with E-state index in [1.165, 1.54) is 6.20 Å². The van der Waals surface area contributed by atoms with Gasteiger partial charge in [0.25, 0.3) is 0 Å². The topological polar surface area (TPSA) is 202 Å². The number of aromatic nitrogens is 1. The normalized spacial score (nSPS) is 16.3. The average molecular weight is 605 g/mol. The predicted octanol–water partition coefficient (Wildman–Crippen LogP) is 3.59. The van der Waals surface area contributed by atoms with Gasteiger partial charge in [-0.05, 0) is 59.3 Å². The number of alkyl carbamates (subject to hydrolysis) is 1. The van der Waals surface area contributed by atoms with Crippen LogP contribution < -0.4 is 27.0 Å². The average Bonchev–Trinajstić information content (AvgIpc) is 2.89. The lowest BCUT2D eigenvalue weighted by molar-refractivity contribution is -0.133. The summed E-state index contributed by atoms with van der Waals surface area (Å²) < 4.78 is 5.41. The van der Waals surface area contributed by atoms with E-state index in [0.29, 0.717) is 6.42 Å². The summed E-state index contributed by atoms with van der Waals surface area (Å²) in [6.45, 7) is 12.3. The van der Waals surface area contributed by atoms with Crippen molar-refractivity contribution >= 4 is 41.2 Å². The van der Waals surface area contributed by atoms with Crippen molar-refractivity contribution < 1.29 is 33.8 Å². The van der Waals surface area contributed by atoms with Crippen molar-refractivity contribution in [1.29, 1.82) is 0 Å². The van der Waals surface area contributed by atoms with E-state index in [4.69, 9.17) is 10.5 Å². The van der Waals surface area contributed by atoms with Crippen LogP contribution >= 0.6 is 0 Å². The molecule has 1 unspecified atom stereocenters. The third-order valence-corrected chi connectivity index (χ3v) is 7.43. The largest absolute Gasteiger partial charge is 0.478 e. The number of rotatable bonds is 12. The minimum atomic E-state index is -1.28. The number of pyridine rings is 1. The molecule has 0 bridgehead atoms. The van der Waals surface area contributed by atoms with Crippen molar-refractivity contribution in [3.63, 3.8) is 0 Å². The first-order valence-electron chi connectivity index (χ1n) is 14.8. The molecule has 13 nitrogen and oxygen atoms in total. The van der Waals surface area contributed by atoms with E-state index >= 15 is 0 Å². The zero-order chi connectivity index (χ0) is 32.5. The molecule has 1 aromatic heterocycles. The molecule has 1 aromatic rings. The van der Waals surface area contributed by atoms with Crippen LogP contribution in [0.1, 0.15) is 104 Å². The van der Waals surface area contributed by atoms with Crippen molar-refractivity contribution in [2.75, 3.05) is 11.1 Å². The zero-order valence-electron chi connectivity index (χ0n) is 26.3. The highest BCUT2D eigenvalue weighted by atomic mass is 16.6. The van der Waals surface area contributed by atoms with Crippen LogP contribution in [0.3, 0.4) is 0 Å². The van der Waals surface area contributed by atoms with Crippen molar-refractivity contribution in [3.05, 3.63) is 18.0 Å². The third kappa shape index (κ3) is 11.0. The van der Waals surface area contributed by atoms with Crippen LogP contribution in [0, 0.1) is 11.8 Å². The Morgan fingerprint density at radius 1 is 1.02 bits per heavy atom. The number of amides is 4. The van der Waals surface area contributed by atoms with Gasteiger partial charge in [-0.1, -0.05) is 39.5 Å². The Morgan fingerprint density at radius 3 is 2.21 bits per heavy atom. The molecule has 4 amide bonds. The summed E-state index contributed by atoms with van der Waals surface area (Å²) in [5, 5.41) is 20.3. The fourth-order valence-corrected chi connectivity index (χ4v) is 5.04. The molecule has 0 aliphatic heterocycles. The van der Waals surface area contributed by atoms with Gasteiger partial charge in [-0.15, -0.1) is 0 Å². The highest BCUT2D eigenvalue weighted by Crippen LogP contribution is 2.27. The van der Waals surface area contributed by atoms with E-state index in [9.17, 15) is 29.1 Å². The number of carbonyl (C=O) groups excluding carboxylic acids is 4. The first-order valence-corrected chi connectivity index (χ1v) is 14.8. The first kappa shape index (κ1) is 35.3. The molecule has 2 rings (SSSR count). The highest BCUT2D eigenvalue weighted by molar-refractivity contribution is 6.01. The molecule has 43 heavy (non-hydrogen) atoms. The summed E-state index contributed by atoms with van der Waals surface area (Å²) >= 11 is 0. The fraction of sp³-hybridized carbons (Fsp3) is 0.667. The number of nitrogen functional groups attached to an aromatic ring is 1. The summed E-state index contributed by atoms with van der Waals surface area (Å²) in [7, 11) is 0. The molecule has 0 saturated heterocycles. The van der Waals surface area contributed by atoms with Crippen LogP contribution in [-0.2, 0) is 19.1 Å². The van der Waals surface area contributed by atoms with E-state index in [1.807, 2.05) is 13.8 Å². The number of carbonyl (C=O) groups is 5. The molecule has 0 spiro atoms. The molecular formula is C30H48N6O7. The van der Waals surface area contributed by atoms with Crippen molar-refractivity contribution in [2.24, 2.45) is 11.8 Å². The van der Waals surface area contributed by atoms with Gasteiger partial charge in [0.15, 0.2) is 0 Å². The number of nitrogens with one attached hydrogen (secondary N) is 4. The number of nitrogens with zero attached hydrogens (tertiary/aromatic N) is 1. The molecule has 1 aliphatic carbocycles. The molecule has 0 radical (unpaired) electrons. The molecule has 1 heterocycles. The molecule has 13 heteroatoms. The predicted molar refractivity (Wildman–Crippen MR) is 162 cm³/mol. The molecule has 1 aliphatic rings. The second-order valence-corrected chi connectivity index (χ2v) is 12.9. The summed E-state index contributed by atoms with van der Waals surface area (Å²) in [6, 6.07) is -1.80. The highest BCUT2D eigenvalue weighted by Gasteiger charge is 2.37. The van der Waals surface area contributed by atoms with Crippen LogP contribution in [0.4, 0.5) is 16.2 Å². The second-order valence-electron chi connectivity index (χ2n) is 12.9. The Balaban J connectivity index is 2.16. The number of carboxylic acid groups (broad SMARTS) is 1. The lowest BCUT2D eigenvalue weighted by atomic mass is 9.83. The van der Waals surface area contributed by atoms with Crippen LogP contribution in [0.2, 0.25) is 0 Å². The van der Waals surface area contributed by atoms with E-state index in [-0.39, 0.29) is 35.2 Å². The first-order chi connectivity index (χ1) is 19.9. The van der Waals surface area contributed by atoms with E-state index in [0.717, 1.165) is 38.3 Å². The van der Waals surface area contributed by atoms with Gasteiger partial charge in [0, 0.05) is 18.2 Å². The molecule has 1 saturated carbocycles. The van der Waals surface area contributed by atoms with Crippen LogP contribution in [0.5, 0.6) is 0 Å². The number of anilines is 2. The molecule has 0 aromatic carbocycles. The van der Waals surface area contributed by atoms with Gasteiger partial charge >= 0.3 is 12.1 Å². The molecule has 240 valence electrons. The molecule has 1 fully saturated rings. The maximum absolute atomic E-state index is 13.6. The molecule has 7 N–H and O–H groups in total. The SMILES string of the molecule is CCC(C)[C@H](NC(=O)[C@@H](NC(=O)OC(C)(C)C)C1CCCCC1)C(=O)NC(C)(C)CC(=O)Nc1cncc(C(=O)O)c1N. The Bertz CT molecular complexity index is 1170. The Hall–Kier alpha value is -3.90. The Kier molecular flexibility index (Phi) is 12.3. The van der Waals surface area contributed by atoms with Gasteiger partial charge < -0.3 is 36.8 Å². The minimum absolute atomic E-state index is 0.0445. The third-order valence-electron chi connectivity index (χ3n) is 7.43. The van der Waals surface area contributed by atoms with Crippen LogP contribution in [0.25, 0.3) is 0 Å². The Labute approximate surface area is 253 Å². The van der Waals surface area contributed by atoms with Gasteiger partial charge in [-0.2, -0.15) is 0 Å². The Morgan fingerprint density at radius 2 is 1.65 bits per heavy atom. The number of aromatic carboxylic acids is 1. The number of hydrogen-bond acceptors (Lipinski definition) is 8. The monoisotopic (exact) mass is 604 g/mol. The van der Waals surface area contributed by atoms with E-state index in [2.05, 4.69) is 26.3 Å². The van der Waals surface area contributed by atoms with Crippen molar-refractivity contribution in [2.45, 2.75) is 117 Å². The van der Waals surface area contributed by atoms with Crippen molar-refractivity contribution in [3.8, 4) is 0 Å². The second kappa shape index (κ2) is 15.0. The molecular weight excluding hydrogens is 556 g/mol. The number of nitrogens with two attached hydrogens (primary N) is 1. The smallest absolute Gasteiger partial charge is 0.408 e. The van der Waals surface area contributed by atoms with Gasteiger partial charge in [0.05, 0.1) is 17.6 Å². The van der Waals surface area contributed by atoms with Gasteiger partial charge in [-0.3, -0.25) is 19.4 Å². The quantitative estimate of drug-likeness (QED) is 0.206. The number of carboxylic acids is 1. The number of ether oxygens (including phenoxy) is 1. The maximum Gasteiger partial charge on any atom is 0.408 e. The summed E-state index contributed by atoms with van der Waals surface area (Å²) in [4.78, 5) is 67.8. The maximum atomic E-state index is 13.6. The van der Waals surface area contributed by atoms with Gasteiger partial charge in [-0.25, -0.2) is 9.59 Å². The fourth-order valence-electron chi connectivity index (χ4n) is 5.04.